The van der Waals surface area contributed by atoms with E-state index in [1.54, 1.807) is 24.3 Å². The van der Waals surface area contributed by atoms with Gasteiger partial charge in [0.15, 0.2) is 0 Å². The van der Waals surface area contributed by atoms with Crippen LogP contribution in [0, 0.1) is 0 Å². The van der Waals surface area contributed by atoms with E-state index in [1.165, 1.54) is 6.92 Å². The SMILES string of the molecule is CC(=O)Nc1ccc(OCCOCCOCCOCCOCCOCCOCCOCCOCCN(C)C)cc1. The van der Waals surface area contributed by atoms with Crippen molar-refractivity contribution >= 4 is 11.6 Å². The Balaban J connectivity index is 1.69. The molecule has 0 aliphatic rings. The molecule has 1 rings (SSSR count). The molecular formula is C28H50N2O10. The lowest BCUT2D eigenvalue weighted by Gasteiger charge is -2.10. The second-order valence-corrected chi connectivity index (χ2v) is 8.76. The number of likely N-dealkylation sites (N-methyl/N-ethyl adjacent to an activating group) is 1. The van der Waals surface area contributed by atoms with Crippen molar-refractivity contribution in [3.63, 3.8) is 0 Å². The number of hydrogen-bond acceptors (Lipinski definition) is 11. The minimum Gasteiger partial charge on any atom is -0.491 e. The molecule has 12 nitrogen and oxygen atoms in total. The number of amides is 1. The molecule has 0 bridgehead atoms. The van der Waals surface area contributed by atoms with Gasteiger partial charge in [-0.25, -0.2) is 0 Å². The first-order valence-electron chi connectivity index (χ1n) is 13.8. The van der Waals surface area contributed by atoms with Crippen molar-refractivity contribution in [3.8, 4) is 5.75 Å². The first-order chi connectivity index (χ1) is 19.6. The van der Waals surface area contributed by atoms with E-state index in [1.807, 2.05) is 14.1 Å². The molecule has 232 valence electrons. The van der Waals surface area contributed by atoms with Crippen LogP contribution in [0.3, 0.4) is 0 Å². The average Bonchev–Trinajstić information content (AvgIpc) is 2.93. The number of carbonyl (C=O) groups is 1. The summed E-state index contributed by atoms with van der Waals surface area (Å²) < 4.78 is 49.3. The molecule has 0 saturated heterocycles. The molecule has 0 aromatic heterocycles. The van der Waals surface area contributed by atoms with Gasteiger partial charge in [-0.15, -0.1) is 0 Å². The van der Waals surface area contributed by atoms with Crippen molar-refractivity contribution < 1.29 is 47.4 Å². The van der Waals surface area contributed by atoms with Gasteiger partial charge in [0.2, 0.25) is 5.91 Å². The maximum atomic E-state index is 11.0. The highest BCUT2D eigenvalue weighted by Gasteiger charge is 1.99. The van der Waals surface area contributed by atoms with Crippen LogP contribution < -0.4 is 10.1 Å². The zero-order valence-electron chi connectivity index (χ0n) is 24.6. The fourth-order valence-electron chi connectivity index (χ4n) is 2.94. The maximum Gasteiger partial charge on any atom is 0.221 e. The number of hydrogen-bond donors (Lipinski definition) is 1. The molecule has 1 aromatic carbocycles. The van der Waals surface area contributed by atoms with Gasteiger partial charge in [-0.1, -0.05) is 0 Å². The molecule has 1 aromatic rings. The molecule has 0 heterocycles. The predicted molar refractivity (Wildman–Crippen MR) is 151 cm³/mol. The highest BCUT2D eigenvalue weighted by molar-refractivity contribution is 5.88. The third kappa shape index (κ3) is 25.1. The van der Waals surface area contributed by atoms with Crippen molar-refractivity contribution in [3.05, 3.63) is 24.3 Å². The first kappa shape index (κ1) is 36.2. The van der Waals surface area contributed by atoms with Gasteiger partial charge in [0.25, 0.3) is 0 Å². The van der Waals surface area contributed by atoms with Crippen LogP contribution in [0.4, 0.5) is 5.69 Å². The Morgan fingerprint density at radius 1 is 0.550 bits per heavy atom. The van der Waals surface area contributed by atoms with Crippen LogP contribution in [0.5, 0.6) is 5.75 Å². The summed E-state index contributed by atoms with van der Waals surface area (Å²) in [5, 5.41) is 2.71. The zero-order valence-corrected chi connectivity index (χ0v) is 24.6. The Kier molecular flexibility index (Phi) is 24.7. The second-order valence-electron chi connectivity index (χ2n) is 8.76. The number of ether oxygens (including phenoxy) is 9. The molecule has 0 atom stereocenters. The minimum absolute atomic E-state index is 0.105. The topological polar surface area (TPSA) is 115 Å². The van der Waals surface area contributed by atoms with Crippen molar-refractivity contribution in [2.24, 2.45) is 0 Å². The molecular weight excluding hydrogens is 524 g/mol. The molecule has 1 amide bonds. The van der Waals surface area contributed by atoms with E-state index in [4.69, 9.17) is 42.6 Å². The van der Waals surface area contributed by atoms with Crippen LogP contribution in [0.1, 0.15) is 6.92 Å². The summed E-state index contributed by atoms with van der Waals surface area (Å²) in [7, 11) is 4.04. The average molecular weight is 575 g/mol. The fourth-order valence-corrected chi connectivity index (χ4v) is 2.94. The highest BCUT2D eigenvalue weighted by Crippen LogP contribution is 2.15. The molecule has 1 N–H and O–H groups in total. The molecule has 0 spiro atoms. The number of nitrogens with one attached hydrogen (secondary N) is 1. The Labute approximate surface area is 239 Å². The van der Waals surface area contributed by atoms with Gasteiger partial charge in [-0.3, -0.25) is 4.79 Å². The molecule has 0 fully saturated rings. The third-order valence-corrected chi connectivity index (χ3v) is 4.96. The van der Waals surface area contributed by atoms with Gasteiger partial charge in [0.05, 0.1) is 106 Å². The van der Waals surface area contributed by atoms with E-state index in [0.29, 0.717) is 112 Å². The number of nitrogens with zero attached hydrogens (tertiary/aromatic N) is 1. The molecule has 40 heavy (non-hydrogen) atoms. The number of benzene rings is 1. The van der Waals surface area contributed by atoms with Crippen LogP contribution in [0.2, 0.25) is 0 Å². The van der Waals surface area contributed by atoms with E-state index in [-0.39, 0.29) is 5.91 Å². The van der Waals surface area contributed by atoms with E-state index in [9.17, 15) is 4.79 Å². The van der Waals surface area contributed by atoms with Crippen molar-refractivity contribution in [1.29, 1.82) is 0 Å². The Morgan fingerprint density at radius 2 is 0.875 bits per heavy atom. The van der Waals surface area contributed by atoms with Crippen LogP contribution >= 0.6 is 0 Å². The maximum absolute atomic E-state index is 11.0. The second kappa shape index (κ2) is 27.3. The molecule has 0 radical (unpaired) electrons. The van der Waals surface area contributed by atoms with Crippen LogP contribution in [-0.4, -0.2) is 144 Å². The smallest absolute Gasteiger partial charge is 0.221 e. The van der Waals surface area contributed by atoms with Gasteiger partial charge in [0.1, 0.15) is 12.4 Å². The molecule has 0 unspecified atom stereocenters. The summed E-state index contributed by atoms with van der Waals surface area (Å²) in [6.45, 7) is 11.3. The summed E-state index contributed by atoms with van der Waals surface area (Å²) in [5.41, 5.74) is 0.735. The Morgan fingerprint density at radius 3 is 1.20 bits per heavy atom. The largest absolute Gasteiger partial charge is 0.491 e. The molecule has 0 aliphatic heterocycles. The van der Waals surface area contributed by atoms with E-state index < -0.39 is 0 Å². The van der Waals surface area contributed by atoms with Crippen LogP contribution in [0.15, 0.2) is 24.3 Å². The van der Waals surface area contributed by atoms with Crippen molar-refractivity contribution in [2.75, 3.05) is 138 Å². The lowest BCUT2D eigenvalue weighted by molar-refractivity contribution is -0.114. The standard InChI is InChI=1S/C28H50N2O10/c1-26(31)29-27-4-6-28(7-5-27)40-25-24-39-23-22-38-21-20-37-19-18-36-17-16-35-15-14-34-13-12-33-11-10-32-9-8-30(2)3/h4-7H,8-25H2,1-3H3,(H,29,31). The van der Waals surface area contributed by atoms with E-state index >= 15 is 0 Å². The summed E-state index contributed by atoms with van der Waals surface area (Å²) in [4.78, 5) is 13.1. The van der Waals surface area contributed by atoms with Gasteiger partial charge in [-0.2, -0.15) is 0 Å². The fraction of sp³-hybridized carbons (Fsp3) is 0.750. The van der Waals surface area contributed by atoms with Crippen LogP contribution in [0.25, 0.3) is 0 Å². The summed E-state index contributed by atoms with van der Waals surface area (Å²) in [6, 6.07) is 7.18. The normalized spacial score (nSPS) is 11.3. The Bertz CT molecular complexity index is 694. The van der Waals surface area contributed by atoms with Crippen LogP contribution in [-0.2, 0) is 42.7 Å². The number of carbonyl (C=O) groups excluding carboxylic acids is 1. The predicted octanol–water partition coefficient (Wildman–Crippen LogP) is 1.72. The quantitative estimate of drug-likeness (QED) is 0.141. The van der Waals surface area contributed by atoms with Gasteiger partial charge in [0, 0.05) is 19.2 Å². The van der Waals surface area contributed by atoms with Crippen molar-refractivity contribution in [2.45, 2.75) is 6.92 Å². The Hall–Kier alpha value is -1.87. The lowest BCUT2D eigenvalue weighted by Crippen LogP contribution is -2.19. The summed E-state index contributed by atoms with van der Waals surface area (Å²) in [6.07, 6.45) is 0. The third-order valence-electron chi connectivity index (χ3n) is 4.96. The van der Waals surface area contributed by atoms with Gasteiger partial charge in [-0.05, 0) is 38.4 Å². The molecule has 0 saturated carbocycles. The number of anilines is 1. The molecule has 0 aliphatic carbocycles. The van der Waals surface area contributed by atoms with E-state index in [2.05, 4.69) is 10.2 Å². The number of rotatable bonds is 29. The lowest BCUT2D eigenvalue weighted by atomic mass is 10.3. The monoisotopic (exact) mass is 574 g/mol. The summed E-state index contributed by atoms with van der Waals surface area (Å²) >= 11 is 0. The van der Waals surface area contributed by atoms with E-state index in [0.717, 1.165) is 18.0 Å². The van der Waals surface area contributed by atoms with Gasteiger partial charge >= 0.3 is 0 Å². The van der Waals surface area contributed by atoms with Gasteiger partial charge < -0.3 is 52.8 Å². The first-order valence-corrected chi connectivity index (χ1v) is 13.8. The van der Waals surface area contributed by atoms with Crippen molar-refractivity contribution in [1.82, 2.24) is 4.90 Å². The zero-order chi connectivity index (χ0) is 28.9. The summed E-state index contributed by atoms with van der Waals surface area (Å²) in [5.74, 6) is 0.616. The molecule has 12 heteroatoms. The minimum atomic E-state index is -0.105. The highest BCUT2D eigenvalue weighted by atomic mass is 16.6.